The Morgan fingerprint density at radius 3 is 2.55 bits per heavy atom. The molecule has 1 aromatic rings. The molecule has 0 radical (unpaired) electrons. The van der Waals surface area contributed by atoms with E-state index in [9.17, 15) is 13.9 Å². The third-order valence-electron chi connectivity index (χ3n) is 3.49. The van der Waals surface area contributed by atoms with Crippen LogP contribution < -0.4 is 10.1 Å². The van der Waals surface area contributed by atoms with Gasteiger partial charge in [-0.2, -0.15) is 0 Å². The maximum atomic E-state index is 13.0. The van der Waals surface area contributed by atoms with Gasteiger partial charge in [-0.15, -0.1) is 0 Å². The molecule has 0 aliphatic rings. The van der Waals surface area contributed by atoms with Gasteiger partial charge in [0.15, 0.2) is 11.6 Å². The SMILES string of the molecule is CCNC(CC)(CO)CCCOc1ccc(F)c(F)c1. The second-order valence-electron chi connectivity index (χ2n) is 4.85. The standard InChI is InChI=1S/C15H23F2NO2/c1-3-15(11-19,18-4-2)8-5-9-20-12-6-7-13(16)14(17)10-12/h6-7,10,18-19H,3-5,8-9,11H2,1-2H3. The summed E-state index contributed by atoms with van der Waals surface area (Å²) in [4.78, 5) is 0. The zero-order valence-corrected chi connectivity index (χ0v) is 12.1. The Balaban J connectivity index is 2.41. The van der Waals surface area contributed by atoms with Gasteiger partial charge in [0, 0.05) is 11.6 Å². The highest BCUT2D eigenvalue weighted by Crippen LogP contribution is 2.19. The minimum absolute atomic E-state index is 0.0719. The lowest BCUT2D eigenvalue weighted by atomic mass is 9.91. The van der Waals surface area contributed by atoms with Crippen molar-refractivity contribution in [2.24, 2.45) is 0 Å². The van der Waals surface area contributed by atoms with Gasteiger partial charge in [-0.05, 0) is 37.9 Å². The molecule has 1 atom stereocenters. The van der Waals surface area contributed by atoms with E-state index in [4.69, 9.17) is 4.74 Å². The van der Waals surface area contributed by atoms with Crippen LogP contribution in [-0.4, -0.2) is 30.4 Å². The minimum Gasteiger partial charge on any atom is -0.493 e. The van der Waals surface area contributed by atoms with Gasteiger partial charge in [-0.1, -0.05) is 13.8 Å². The van der Waals surface area contributed by atoms with E-state index < -0.39 is 11.6 Å². The highest BCUT2D eigenvalue weighted by Gasteiger charge is 2.25. The van der Waals surface area contributed by atoms with E-state index in [1.165, 1.54) is 6.07 Å². The number of ether oxygens (including phenoxy) is 1. The van der Waals surface area contributed by atoms with E-state index in [0.29, 0.717) is 12.4 Å². The molecular weight excluding hydrogens is 264 g/mol. The largest absolute Gasteiger partial charge is 0.493 e. The van der Waals surface area contributed by atoms with Gasteiger partial charge in [0.05, 0.1) is 13.2 Å². The first-order valence-corrected chi connectivity index (χ1v) is 7.00. The molecule has 1 aromatic carbocycles. The molecule has 3 nitrogen and oxygen atoms in total. The van der Waals surface area contributed by atoms with Crippen LogP contribution in [0.2, 0.25) is 0 Å². The summed E-state index contributed by atoms with van der Waals surface area (Å²) in [6, 6.07) is 3.49. The number of hydrogen-bond acceptors (Lipinski definition) is 3. The van der Waals surface area contributed by atoms with E-state index in [1.807, 2.05) is 13.8 Å². The number of nitrogens with one attached hydrogen (secondary N) is 1. The lowest BCUT2D eigenvalue weighted by Gasteiger charge is -2.31. The zero-order valence-electron chi connectivity index (χ0n) is 12.1. The van der Waals surface area contributed by atoms with Crippen LogP contribution in [0.4, 0.5) is 8.78 Å². The summed E-state index contributed by atoms with van der Waals surface area (Å²) in [6.07, 6.45) is 2.31. The van der Waals surface area contributed by atoms with Gasteiger partial charge in [0.25, 0.3) is 0 Å². The van der Waals surface area contributed by atoms with Crippen LogP contribution in [0, 0.1) is 11.6 Å². The van der Waals surface area contributed by atoms with Gasteiger partial charge < -0.3 is 15.2 Å². The Morgan fingerprint density at radius 2 is 2.00 bits per heavy atom. The maximum absolute atomic E-state index is 13.0. The van der Waals surface area contributed by atoms with E-state index >= 15 is 0 Å². The van der Waals surface area contributed by atoms with E-state index in [2.05, 4.69) is 5.32 Å². The van der Waals surface area contributed by atoms with Crippen molar-refractivity contribution in [3.05, 3.63) is 29.8 Å². The predicted molar refractivity (Wildman–Crippen MR) is 74.9 cm³/mol. The maximum Gasteiger partial charge on any atom is 0.162 e. The van der Waals surface area contributed by atoms with Crippen molar-refractivity contribution in [2.45, 2.75) is 38.6 Å². The third kappa shape index (κ3) is 4.72. The van der Waals surface area contributed by atoms with E-state index in [-0.39, 0.29) is 12.1 Å². The van der Waals surface area contributed by atoms with Crippen LogP contribution in [0.1, 0.15) is 33.1 Å². The van der Waals surface area contributed by atoms with E-state index in [1.54, 1.807) is 0 Å². The van der Waals surface area contributed by atoms with Gasteiger partial charge in [0.1, 0.15) is 5.75 Å². The molecule has 1 rings (SSSR count). The molecule has 0 heterocycles. The molecule has 0 saturated heterocycles. The smallest absolute Gasteiger partial charge is 0.162 e. The molecule has 5 heteroatoms. The molecule has 0 bridgehead atoms. The van der Waals surface area contributed by atoms with Crippen molar-refractivity contribution < 1.29 is 18.6 Å². The van der Waals surface area contributed by atoms with Crippen molar-refractivity contribution in [1.82, 2.24) is 5.32 Å². The molecule has 0 amide bonds. The molecule has 20 heavy (non-hydrogen) atoms. The molecule has 2 N–H and O–H groups in total. The van der Waals surface area contributed by atoms with Gasteiger partial charge in [-0.25, -0.2) is 8.78 Å². The fraction of sp³-hybridized carbons (Fsp3) is 0.600. The Hall–Kier alpha value is -1.20. The second-order valence-corrected chi connectivity index (χ2v) is 4.85. The quantitative estimate of drug-likeness (QED) is 0.686. The van der Waals surface area contributed by atoms with Crippen molar-refractivity contribution in [1.29, 1.82) is 0 Å². The summed E-state index contributed by atoms with van der Waals surface area (Å²) in [5, 5.41) is 12.8. The summed E-state index contributed by atoms with van der Waals surface area (Å²) in [6.45, 7) is 5.28. The van der Waals surface area contributed by atoms with Crippen molar-refractivity contribution in [2.75, 3.05) is 19.8 Å². The fourth-order valence-electron chi connectivity index (χ4n) is 2.18. The van der Waals surface area contributed by atoms with E-state index in [0.717, 1.165) is 37.9 Å². The number of hydrogen-bond donors (Lipinski definition) is 2. The number of aliphatic hydroxyl groups excluding tert-OH is 1. The first-order valence-electron chi connectivity index (χ1n) is 7.00. The zero-order chi connectivity index (χ0) is 15.0. The Kier molecular flexibility index (Phi) is 6.88. The number of likely N-dealkylation sites (N-methyl/N-ethyl adjacent to an activating group) is 1. The summed E-state index contributed by atoms with van der Waals surface area (Å²) in [5.74, 6) is -1.47. The van der Waals surface area contributed by atoms with Crippen LogP contribution >= 0.6 is 0 Å². The average molecular weight is 287 g/mol. The van der Waals surface area contributed by atoms with Crippen molar-refractivity contribution in [3.63, 3.8) is 0 Å². The van der Waals surface area contributed by atoms with Crippen LogP contribution in [0.25, 0.3) is 0 Å². The molecule has 114 valence electrons. The number of aliphatic hydroxyl groups is 1. The van der Waals surface area contributed by atoms with Gasteiger partial charge in [0.2, 0.25) is 0 Å². The summed E-state index contributed by atoms with van der Waals surface area (Å²) >= 11 is 0. The molecule has 0 aliphatic heterocycles. The van der Waals surface area contributed by atoms with Gasteiger partial charge in [-0.3, -0.25) is 0 Å². The Bertz CT molecular complexity index is 409. The van der Waals surface area contributed by atoms with Crippen LogP contribution in [0.3, 0.4) is 0 Å². The molecule has 0 fully saturated rings. The Labute approximate surface area is 119 Å². The molecule has 0 spiro atoms. The highest BCUT2D eigenvalue weighted by molar-refractivity contribution is 5.23. The minimum atomic E-state index is -0.909. The van der Waals surface area contributed by atoms with Crippen molar-refractivity contribution in [3.8, 4) is 5.75 Å². The summed E-state index contributed by atoms with van der Waals surface area (Å²) in [7, 11) is 0. The normalized spacial score (nSPS) is 14.1. The fourth-order valence-corrected chi connectivity index (χ4v) is 2.18. The summed E-state index contributed by atoms with van der Waals surface area (Å²) < 4.78 is 31.1. The number of halogens is 2. The number of rotatable bonds is 9. The lowest BCUT2D eigenvalue weighted by Crippen LogP contribution is -2.48. The third-order valence-corrected chi connectivity index (χ3v) is 3.49. The van der Waals surface area contributed by atoms with Crippen LogP contribution in [0.5, 0.6) is 5.75 Å². The second kappa shape index (κ2) is 8.17. The van der Waals surface area contributed by atoms with Gasteiger partial charge >= 0.3 is 0 Å². The first kappa shape index (κ1) is 16.9. The topological polar surface area (TPSA) is 41.5 Å². The lowest BCUT2D eigenvalue weighted by molar-refractivity contribution is 0.139. The molecule has 1 unspecified atom stereocenters. The Morgan fingerprint density at radius 1 is 1.25 bits per heavy atom. The summed E-state index contributed by atoms with van der Waals surface area (Å²) in [5.41, 5.74) is -0.286. The van der Waals surface area contributed by atoms with Crippen molar-refractivity contribution >= 4 is 0 Å². The predicted octanol–water partition coefficient (Wildman–Crippen LogP) is 2.87. The average Bonchev–Trinajstić information content (AvgIpc) is 2.46. The molecule has 0 saturated carbocycles. The first-order chi connectivity index (χ1) is 9.56. The number of benzene rings is 1. The highest BCUT2D eigenvalue weighted by atomic mass is 19.2. The molecule has 0 aliphatic carbocycles. The molecule has 0 aromatic heterocycles. The van der Waals surface area contributed by atoms with Crippen LogP contribution in [0.15, 0.2) is 18.2 Å². The van der Waals surface area contributed by atoms with Crippen LogP contribution in [-0.2, 0) is 0 Å². The monoisotopic (exact) mass is 287 g/mol. The molecular formula is C15H23F2NO2.